The van der Waals surface area contributed by atoms with Crippen molar-refractivity contribution in [2.24, 2.45) is 20.0 Å². The van der Waals surface area contributed by atoms with Crippen LogP contribution in [0.2, 0.25) is 0 Å². The lowest BCUT2D eigenvalue weighted by molar-refractivity contribution is 0.337. The van der Waals surface area contributed by atoms with E-state index in [2.05, 4.69) is 24.9 Å². The summed E-state index contributed by atoms with van der Waals surface area (Å²) < 4.78 is 0. The van der Waals surface area contributed by atoms with Crippen LogP contribution in [0.3, 0.4) is 0 Å². The van der Waals surface area contributed by atoms with Crippen LogP contribution in [-0.4, -0.2) is 47.3 Å². The molecule has 0 saturated carbocycles. The third-order valence-corrected chi connectivity index (χ3v) is 3.16. The third kappa shape index (κ3) is 1.65. The zero-order valence-electron chi connectivity index (χ0n) is 8.80. The van der Waals surface area contributed by atoms with E-state index in [-0.39, 0.29) is 11.3 Å². The Balaban J connectivity index is 1.90. The topological polar surface area (TPSA) is 52.7 Å². The number of hydrogen-bond donors (Lipinski definition) is 0. The van der Waals surface area contributed by atoms with E-state index in [1.807, 2.05) is 0 Å². The number of hydrogen-bond acceptors (Lipinski definition) is 5. The molecule has 3 aliphatic rings. The summed E-state index contributed by atoms with van der Waals surface area (Å²) >= 11 is 5.90. The summed E-state index contributed by atoms with van der Waals surface area (Å²) in [6.45, 7) is 2.06. The minimum atomic E-state index is -0.124. The molecule has 3 heterocycles. The summed E-state index contributed by atoms with van der Waals surface area (Å²) in [6, 6.07) is -0.124. The van der Waals surface area contributed by atoms with Gasteiger partial charge in [-0.25, -0.2) is 9.98 Å². The predicted octanol–water partition coefficient (Wildman–Crippen LogP) is 1.29. The molecule has 1 fully saturated rings. The summed E-state index contributed by atoms with van der Waals surface area (Å²) in [4.78, 5) is 19.0. The first-order chi connectivity index (χ1) is 7.84. The van der Waals surface area contributed by atoms with Gasteiger partial charge in [0.25, 0.3) is 0 Å². The summed E-state index contributed by atoms with van der Waals surface area (Å²) in [6.07, 6.45) is 5.24. The van der Waals surface area contributed by atoms with Crippen molar-refractivity contribution in [1.29, 1.82) is 0 Å². The van der Waals surface area contributed by atoms with Crippen LogP contribution in [0.15, 0.2) is 20.0 Å². The first kappa shape index (κ1) is 9.96. The van der Waals surface area contributed by atoms with Gasteiger partial charge in [0.15, 0.2) is 11.9 Å². The van der Waals surface area contributed by atoms with Gasteiger partial charge in [-0.15, -0.1) is 0 Å². The van der Waals surface area contributed by atoms with Gasteiger partial charge >= 0.3 is 0 Å². The molecule has 84 valence electrons. The molecule has 0 radical (unpaired) electrons. The quantitative estimate of drug-likeness (QED) is 0.586. The van der Waals surface area contributed by atoms with Crippen molar-refractivity contribution in [3.05, 3.63) is 0 Å². The van der Waals surface area contributed by atoms with Gasteiger partial charge in [0.1, 0.15) is 12.2 Å². The van der Waals surface area contributed by atoms with E-state index in [0.717, 1.165) is 18.9 Å². The van der Waals surface area contributed by atoms with E-state index in [4.69, 9.17) is 11.6 Å². The Morgan fingerprint density at radius 3 is 2.81 bits per heavy atom. The van der Waals surface area contributed by atoms with Gasteiger partial charge in [-0.3, -0.25) is 4.99 Å². The van der Waals surface area contributed by atoms with E-state index in [0.29, 0.717) is 5.84 Å². The number of halogens is 1. The van der Waals surface area contributed by atoms with Crippen LogP contribution < -0.4 is 0 Å². The summed E-state index contributed by atoms with van der Waals surface area (Å²) in [7, 11) is 0. The molecule has 1 atom stereocenters. The highest BCUT2D eigenvalue weighted by molar-refractivity contribution is 6.67. The number of piperidine rings is 1. The van der Waals surface area contributed by atoms with Gasteiger partial charge in [0.2, 0.25) is 5.29 Å². The second-order valence-electron chi connectivity index (χ2n) is 4.05. The Kier molecular flexibility index (Phi) is 2.47. The summed E-state index contributed by atoms with van der Waals surface area (Å²) in [5.41, 5.74) is 0. The fourth-order valence-electron chi connectivity index (χ4n) is 2.21. The molecule has 6 heteroatoms. The highest BCUT2D eigenvalue weighted by Gasteiger charge is 2.32. The van der Waals surface area contributed by atoms with Gasteiger partial charge in [-0.2, -0.15) is 4.99 Å². The van der Waals surface area contributed by atoms with Crippen LogP contribution in [-0.2, 0) is 0 Å². The molecule has 0 N–H and O–H groups in total. The maximum atomic E-state index is 5.90. The molecular weight excluding hydrogens is 226 g/mol. The molecule has 5 nitrogen and oxygen atoms in total. The number of amidine groups is 3. The van der Waals surface area contributed by atoms with Crippen molar-refractivity contribution in [2.75, 3.05) is 13.1 Å². The minimum absolute atomic E-state index is 0.124. The number of rotatable bonds is 0. The van der Waals surface area contributed by atoms with Crippen LogP contribution in [0.1, 0.15) is 19.3 Å². The normalized spacial score (nSPS) is 28.4. The third-order valence-electron chi connectivity index (χ3n) is 2.99. The van der Waals surface area contributed by atoms with E-state index in [9.17, 15) is 0 Å². The minimum Gasteiger partial charge on any atom is -0.358 e. The highest BCUT2D eigenvalue weighted by atomic mass is 35.5. The average Bonchev–Trinajstić information content (AvgIpc) is 2.77. The average molecular weight is 238 g/mol. The maximum absolute atomic E-state index is 5.90. The smallest absolute Gasteiger partial charge is 0.225 e. The van der Waals surface area contributed by atoms with Crippen LogP contribution >= 0.6 is 11.6 Å². The molecule has 0 spiro atoms. The number of nitrogens with zero attached hydrogens (tertiary/aromatic N) is 5. The van der Waals surface area contributed by atoms with E-state index >= 15 is 0 Å². The fourth-order valence-corrected chi connectivity index (χ4v) is 2.38. The first-order valence-corrected chi connectivity index (χ1v) is 5.89. The van der Waals surface area contributed by atoms with Crippen LogP contribution in [0, 0.1) is 0 Å². The van der Waals surface area contributed by atoms with Crippen molar-refractivity contribution in [2.45, 2.75) is 25.3 Å². The molecule has 3 rings (SSSR count). The van der Waals surface area contributed by atoms with E-state index in [1.165, 1.54) is 19.3 Å². The molecule has 0 aromatic rings. The summed E-state index contributed by atoms with van der Waals surface area (Å²) in [5.74, 6) is 1.58. The van der Waals surface area contributed by atoms with E-state index in [1.54, 1.807) is 6.34 Å². The SMILES string of the molecule is ClC1=NC2=NC=NC2C(N2CCCCC2)=N1. The lowest BCUT2D eigenvalue weighted by Gasteiger charge is -2.32. The van der Waals surface area contributed by atoms with Crippen LogP contribution in [0.5, 0.6) is 0 Å². The molecule has 0 amide bonds. The summed E-state index contributed by atoms with van der Waals surface area (Å²) in [5, 5.41) is 0.265. The molecule has 0 aromatic carbocycles. The number of aliphatic imine (C=N–C) groups is 4. The largest absolute Gasteiger partial charge is 0.358 e. The highest BCUT2D eigenvalue weighted by Crippen LogP contribution is 2.19. The monoisotopic (exact) mass is 237 g/mol. The molecule has 0 bridgehead atoms. The Labute approximate surface area is 98.7 Å². The molecule has 1 saturated heterocycles. The van der Waals surface area contributed by atoms with E-state index < -0.39 is 0 Å². The molecular formula is C10H12ClN5. The lowest BCUT2D eigenvalue weighted by atomic mass is 10.1. The Morgan fingerprint density at radius 1 is 1.19 bits per heavy atom. The zero-order valence-corrected chi connectivity index (χ0v) is 9.56. The van der Waals surface area contributed by atoms with Gasteiger partial charge in [0.05, 0.1) is 0 Å². The molecule has 3 aliphatic heterocycles. The molecule has 16 heavy (non-hydrogen) atoms. The zero-order chi connectivity index (χ0) is 11.0. The van der Waals surface area contributed by atoms with Crippen molar-refractivity contribution >= 4 is 34.9 Å². The fraction of sp³-hybridized carbons (Fsp3) is 0.600. The van der Waals surface area contributed by atoms with Gasteiger partial charge in [0, 0.05) is 13.1 Å². The molecule has 0 aromatic heterocycles. The second kappa shape index (κ2) is 3.97. The van der Waals surface area contributed by atoms with Gasteiger partial charge < -0.3 is 4.90 Å². The Bertz CT molecular complexity index is 417. The predicted molar refractivity (Wildman–Crippen MR) is 65.9 cm³/mol. The van der Waals surface area contributed by atoms with Crippen molar-refractivity contribution in [3.63, 3.8) is 0 Å². The van der Waals surface area contributed by atoms with Crippen molar-refractivity contribution in [3.8, 4) is 0 Å². The van der Waals surface area contributed by atoms with Gasteiger partial charge in [-0.05, 0) is 30.9 Å². The van der Waals surface area contributed by atoms with Gasteiger partial charge in [-0.1, -0.05) is 0 Å². The number of likely N-dealkylation sites (tertiary alicyclic amines) is 1. The molecule has 1 unspecified atom stereocenters. The Morgan fingerprint density at radius 2 is 2.00 bits per heavy atom. The number of fused-ring (bicyclic) bond motifs is 1. The Hall–Kier alpha value is -1.23. The maximum Gasteiger partial charge on any atom is 0.225 e. The lowest BCUT2D eigenvalue weighted by Crippen LogP contribution is -2.45. The molecule has 0 aliphatic carbocycles. The van der Waals surface area contributed by atoms with Crippen LogP contribution in [0.4, 0.5) is 0 Å². The second-order valence-corrected chi connectivity index (χ2v) is 4.39. The van der Waals surface area contributed by atoms with Crippen LogP contribution in [0.25, 0.3) is 0 Å². The van der Waals surface area contributed by atoms with Crippen molar-refractivity contribution in [1.82, 2.24) is 4.90 Å². The first-order valence-electron chi connectivity index (χ1n) is 5.52. The van der Waals surface area contributed by atoms with Crippen molar-refractivity contribution < 1.29 is 0 Å². The standard InChI is InChI=1S/C10H12ClN5/c11-10-14-8-7(12-6-13-8)9(15-10)16-4-2-1-3-5-16/h6-7H,1-5H2.